The van der Waals surface area contributed by atoms with Crippen LogP contribution in [0.3, 0.4) is 0 Å². The molecule has 2 aromatic rings. The summed E-state index contributed by atoms with van der Waals surface area (Å²) in [6.07, 6.45) is 1.73. The van der Waals surface area contributed by atoms with Gasteiger partial charge >= 0.3 is 0 Å². The zero-order valence-electron chi connectivity index (χ0n) is 12.4. The highest BCUT2D eigenvalue weighted by atomic mass is 35.5. The van der Waals surface area contributed by atoms with E-state index < -0.39 is 0 Å². The standard InChI is InChI=1S/C14H19ClN4O/c1-8-6-7-16-13-11(8)17-12(9(2)15)19(13)10(3)14(20)18(4)5/h6-7,9-10H,1-5H3. The van der Waals surface area contributed by atoms with Gasteiger partial charge in [-0.3, -0.25) is 9.36 Å². The van der Waals surface area contributed by atoms with E-state index in [0.717, 1.165) is 11.1 Å². The second-order valence-corrected chi connectivity index (χ2v) is 5.82. The average molecular weight is 295 g/mol. The molecule has 2 atom stereocenters. The van der Waals surface area contributed by atoms with Crippen molar-refractivity contribution >= 4 is 28.7 Å². The van der Waals surface area contributed by atoms with E-state index in [4.69, 9.17) is 11.6 Å². The van der Waals surface area contributed by atoms with E-state index in [9.17, 15) is 4.79 Å². The van der Waals surface area contributed by atoms with Gasteiger partial charge in [0.05, 0.1) is 5.38 Å². The smallest absolute Gasteiger partial charge is 0.244 e. The van der Waals surface area contributed by atoms with Crippen LogP contribution in [0.4, 0.5) is 0 Å². The predicted molar refractivity (Wildman–Crippen MR) is 79.9 cm³/mol. The molecule has 1 amide bonds. The molecule has 0 saturated heterocycles. The molecular formula is C14H19ClN4O. The van der Waals surface area contributed by atoms with E-state index in [-0.39, 0.29) is 17.3 Å². The molecule has 0 aliphatic rings. The summed E-state index contributed by atoms with van der Waals surface area (Å²) in [6.45, 7) is 5.67. The van der Waals surface area contributed by atoms with Gasteiger partial charge in [-0.25, -0.2) is 9.97 Å². The van der Waals surface area contributed by atoms with Crippen LogP contribution in [0.2, 0.25) is 0 Å². The molecule has 0 aliphatic carbocycles. The number of amides is 1. The summed E-state index contributed by atoms with van der Waals surface area (Å²) in [5.74, 6) is 0.664. The van der Waals surface area contributed by atoms with Gasteiger partial charge in [0.1, 0.15) is 17.4 Å². The molecule has 0 aliphatic heterocycles. The molecule has 0 saturated carbocycles. The lowest BCUT2D eigenvalue weighted by molar-refractivity contribution is -0.131. The Morgan fingerprint density at radius 2 is 2.05 bits per heavy atom. The Hall–Kier alpha value is -1.62. The van der Waals surface area contributed by atoms with Crippen molar-refractivity contribution in [2.75, 3.05) is 14.1 Å². The van der Waals surface area contributed by atoms with Crippen molar-refractivity contribution in [1.29, 1.82) is 0 Å². The summed E-state index contributed by atoms with van der Waals surface area (Å²) in [6, 6.07) is 1.52. The van der Waals surface area contributed by atoms with Crippen molar-refractivity contribution in [2.45, 2.75) is 32.2 Å². The topological polar surface area (TPSA) is 51.0 Å². The molecule has 0 radical (unpaired) electrons. The molecule has 108 valence electrons. The van der Waals surface area contributed by atoms with Gasteiger partial charge in [-0.1, -0.05) is 0 Å². The molecule has 0 bridgehead atoms. The van der Waals surface area contributed by atoms with Crippen molar-refractivity contribution in [3.63, 3.8) is 0 Å². The molecule has 5 nitrogen and oxygen atoms in total. The fraction of sp³-hybridized carbons (Fsp3) is 0.500. The van der Waals surface area contributed by atoms with Crippen LogP contribution < -0.4 is 0 Å². The molecule has 20 heavy (non-hydrogen) atoms. The lowest BCUT2D eigenvalue weighted by Crippen LogP contribution is -2.31. The van der Waals surface area contributed by atoms with Crippen LogP contribution in [0.25, 0.3) is 11.2 Å². The van der Waals surface area contributed by atoms with Crippen molar-refractivity contribution in [1.82, 2.24) is 19.4 Å². The number of fused-ring (bicyclic) bond motifs is 1. The van der Waals surface area contributed by atoms with Crippen LogP contribution >= 0.6 is 11.6 Å². The van der Waals surface area contributed by atoms with Gasteiger partial charge in [-0.15, -0.1) is 11.6 Å². The van der Waals surface area contributed by atoms with E-state index in [1.807, 2.05) is 31.4 Å². The second kappa shape index (κ2) is 5.40. The van der Waals surface area contributed by atoms with Crippen molar-refractivity contribution in [2.24, 2.45) is 0 Å². The summed E-state index contributed by atoms with van der Waals surface area (Å²) in [7, 11) is 3.47. The molecule has 2 aromatic heterocycles. The fourth-order valence-electron chi connectivity index (χ4n) is 2.27. The number of rotatable bonds is 3. The molecule has 0 aromatic carbocycles. The van der Waals surface area contributed by atoms with Gasteiger partial charge < -0.3 is 4.90 Å². The lowest BCUT2D eigenvalue weighted by atomic mass is 10.2. The van der Waals surface area contributed by atoms with Gasteiger partial charge in [0, 0.05) is 20.3 Å². The van der Waals surface area contributed by atoms with Crippen molar-refractivity contribution < 1.29 is 4.79 Å². The lowest BCUT2D eigenvalue weighted by Gasteiger charge is -2.20. The third-order valence-electron chi connectivity index (χ3n) is 3.35. The Kier molecular flexibility index (Phi) is 3.99. The highest BCUT2D eigenvalue weighted by Gasteiger charge is 2.25. The zero-order chi connectivity index (χ0) is 15.0. The molecule has 0 spiro atoms. The maximum atomic E-state index is 12.3. The van der Waals surface area contributed by atoms with Gasteiger partial charge in [-0.2, -0.15) is 0 Å². The van der Waals surface area contributed by atoms with Crippen LogP contribution in [0.5, 0.6) is 0 Å². The van der Waals surface area contributed by atoms with Crippen LogP contribution in [0, 0.1) is 6.92 Å². The Balaban J connectivity index is 2.69. The van der Waals surface area contributed by atoms with Gasteiger partial charge in [-0.05, 0) is 32.4 Å². The zero-order valence-corrected chi connectivity index (χ0v) is 13.1. The van der Waals surface area contributed by atoms with Gasteiger partial charge in [0.25, 0.3) is 0 Å². The number of aryl methyl sites for hydroxylation is 1. The number of carbonyl (C=O) groups excluding carboxylic acids is 1. The van der Waals surface area contributed by atoms with E-state index in [1.54, 1.807) is 25.2 Å². The van der Waals surface area contributed by atoms with E-state index >= 15 is 0 Å². The van der Waals surface area contributed by atoms with Crippen LogP contribution in [-0.2, 0) is 4.79 Å². The molecule has 0 fully saturated rings. The Morgan fingerprint density at radius 1 is 1.40 bits per heavy atom. The second-order valence-electron chi connectivity index (χ2n) is 5.16. The van der Waals surface area contributed by atoms with Crippen LogP contribution in [0.1, 0.15) is 36.7 Å². The predicted octanol–water partition coefficient (Wildman–Crippen LogP) is 2.69. The Bertz CT molecular complexity index is 648. The third-order valence-corrected chi connectivity index (χ3v) is 3.54. The van der Waals surface area contributed by atoms with Crippen molar-refractivity contribution in [3.8, 4) is 0 Å². The number of alkyl halides is 1. The number of hydrogen-bond donors (Lipinski definition) is 0. The normalized spacial score (nSPS) is 14.3. The molecule has 0 N–H and O–H groups in total. The molecule has 2 unspecified atom stereocenters. The summed E-state index contributed by atoms with van der Waals surface area (Å²) < 4.78 is 1.84. The van der Waals surface area contributed by atoms with E-state index in [1.165, 1.54) is 0 Å². The largest absolute Gasteiger partial charge is 0.347 e. The van der Waals surface area contributed by atoms with Gasteiger partial charge in [0.2, 0.25) is 5.91 Å². The minimum absolute atomic E-state index is 0.00817. The quantitative estimate of drug-likeness (QED) is 0.818. The first-order valence-electron chi connectivity index (χ1n) is 6.53. The summed E-state index contributed by atoms with van der Waals surface area (Å²) in [4.78, 5) is 22.8. The summed E-state index contributed by atoms with van der Waals surface area (Å²) in [5, 5.41) is -0.291. The number of hydrogen-bond acceptors (Lipinski definition) is 3. The molecular weight excluding hydrogens is 276 g/mol. The monoisotopic (exact) mass is 294 g/mol. The SMILES string of the molecule is Cc1ccnc2c1nc(C(C)Cl)n2C(C)C(=O)N(C)C. The Morgan fingerprint density at radius 3 is 2.60 bits per heavy atom. The number of likely N-dealkylation sites (N-methyl/N-ethyl adjacent to an activating group) is 1. The van der Waals surface area contributed by atoms with Crippen LogP contribution in [-0.4, -0.2) is 39.4 Å². The minimum atomic E-state index is -0.388. The number of aromatic nitrogens is 3. The molecule has 2 rings (SSSR count). The van der Waals surface area contributed by atoms with Gasteiger partial charge in [0.15, 0.2) is 5.65 Å². The average Bonchev–Trinajstić information content (AvgIpc) is 2.78. The first kappa shape index (κ1) is 14.8. The number of carbonyl (C=O) groups is 1. The number of pyridine rings is 1. The first-order chi connectivity index (χ1) is 9.34. The maximum absolute atomic E-state index is 12.3. The first-order valence-corrected chi connectivity index (χ1v) is 6.97. The number of nitrogens with zero attached hydrogens (tertiary/aromatic N) is 4. The fourth-order valence-corrected chi connectivity index (χ4v) is 2.43. The molecule has 2 heterocycles. The summed E-state index contributed by atoms with van der Waals surface area (Å²) in [5.41, 5.74) is 2.53. The minimum Gasteiger partial charge on any atom is -0.347 e. The third kappa shape index (κ3) is 2.38. The summed E-state index contributed by atoms with van der Waals surface area (Å²) >= 11 is 6.22. The van der Waals surface area contributed by atoms with E-state index in [2.05, 4.69) is 9.97 Å². The Labute approximate surface area is 123 Å². The van der Waals surface area contributed by atoms with Crippen LogP contribution in [0.15, 0.2) is 12.3 Å². The number of imidazole rings is 1. The maximum Gasteiger partial charge on any atom is 0.244 e. The highest BCUT2D eigenvalue weighted by molar-refractivity contribution is 6.20. The van der Waals surface area contributed by atoms with E-state index in [0.29, 0.717) is 11.5 Å². The van der Waals surface area contributed by atoms with Crippen molar-refractivity contribution in [3.05, 3.63) is 23.7 Å². The molecule has 6 heteroatoms. The number of halogens is 1. The highest BCUT2D eigenvalue weighted by Crippen LogP contribution is 2.28.